The van der Waals surface area contributed by atoms with Crippen molar-refractivity contribution in [3.8, 4) is 11.5 Å². The SMILES string of the molecule is CCOC(=O)COc1cccc(NC(=O)c2cccc(OCc3ccc(F)cc3)c2)c1. The molecule has 0 aromatic heterocycles. The van der Waals surface area contributed by atoms with E-state index in [0.717, 1.165) is 5.56 Å². The molecule has 0 heterocycles. The smallest absolute Gasteiger partial charge is 0.344 e. The van der Waals surface area contributed by atoms with Gasteiger partial charge in [0.15, 0.2) is 6.61 Å². The number of halogens is 1. The van der Waals surface area contributed by atoms with Gasteiger partial charge in [-0.25, -0.2) is 9.18 Å². The number of carbonyl (C=O) groups is 2. The summed E-state index contributed by atoms with van der Waals surface area (Å²) in [4.78, 5) is 24.0. The Kier molecular flexibility index (Phi) is 7.59. The van der Waals surface area contributed by atoms with Crippen LogP contribution in [0.5, 0.6) is 11.5 Å². The van der Waals surface area contributed by atoms with E-state index in [-0.39, 0.29) is 31.5 Å². The summed E-state index contributed by atoms with van der Waals surface area (Å²) in [5.41, 5.74) is 1.74. The fourth-order valence-electron chi connectivity index (χ4n) is 2.69. The highest BCUT2D eigenvalue weighted by molar-refractivity contribution is 6.04. The van der Waals surface area contributed by atoms with Gasteiger partial charge in [0, 0.05) is 17.3 Å². The quantitative estimate of drug-likeness (QED) is 0.509. The average Bonchev–Trinajstić information content (AvgIpc) is 2.78. The van der Waals surface area contributed by atoms with Crippen molar-refractivity contribution in [2.75, 3.05) is 18.5 Å². The van der Waals surface area contributed by atoms with Crippen LogP contribution in [0.25, 0.3) is 0 Å². The molecule has 1 amide bonds. The van der Waals surface area contributed by atoms with E-state index in [1.54, 1.807) is 67.6 Å². The van der Waals surface area contributed by atoms with Crippen molar-refractivity contribution in [1.82, 2.24) is 0 Å². The number of benzene rings is 3. The minimum atomic E-state index is -0.464. The number of esters is 1. The summed E-state index contributed by atoms with van der Waals surface area (Å²) >= 11 is 0. The molecule has 0 unspecified atom stereocenters. The van der Waals surface area contributed by atoms with Crippen LogP contribution in [0.15, 0.2) is 72.8 Å². The van der Waals surface area contributed by atoms with Gasteiger partial charge in [-0.2, -0.15) is 0 Å². The van der Waals surface area contributed by atoms with Crippen LogP contribution in [0.3, 0.4) is 0 Å². The highest BCUT2D eigenvalue weighted by atomic mass is 19.1. The lowest BCUT2D eigenvalue weighted by Gasteiger charge is -2.10. The Labute approximate surface area is 179 Å². The van der Waals surface area contributed by atoms with Crippen molar-refractivity contribution in [2.24, 2.45) is 0 Å². The first-order valence-corrected chi connectivity index (χ1v) is 9.70. The van der Waals surface area contributed by atoms with E-state index in [1.807, 2.05) is 0 Å². The van der Waals surface area contributed by atoms with E-state index < -0.39 is 5.97 Å². The lowest BCUT2D eigenvalue weighted by Crippen LogP contribution is -2.15. The normalized spacial score (nSPS) is 10.3. The topological polar surface area (TPSA) is 73.9 Å². The number of anilines is 1. The van der Waals surface area contributed by atoms with Crippen molar-refractivity contribution >= 4 is 17.6 Å². The molecule has 0 bridgehead atoms. The molecule has 0 saturated carbocycles. The summed E-state index contributed by atoms with van der Waals surface area (Å²) in [6.45, 7) is 2.05. The van der Waals surface area contributed by atoms with Gasteiger partial charge in [-0.05, 0) is 55.0 Å². The zero-order valence-electron chi connectivity index (χ0n) is 17.0. The van der Waals surface area contributed by atoms with Gasteiger partial charge in [0.1, 0.15) is 23.9 Å². The van der Waals surface area contributed by atoms with Gasteiger partial charge in [-0.1, -0.05) is 24.3 Å². The fourth-order valence-corrected chi connectivity index (χ4v) is 2.69. The highest BCUT2D eigenvalue weighted by Gasteiger charge is 2.09. The second-order valence-corrected chi connectivity index (χ2v) is 6.52. The third-order valence-electron chi connectivity index (χ3n) is 4.17. The van der Waals surface area contributed by atoms with Crippen molar-refractivity contribution < 1.29 is 28.2 Å². The number of carbonyl (C=O) groups excluding carboxylic acids is 2. The Morgan fingerprint density at radius 3 is 2.35 bits per heavy atom. The largest absolute Gasteiger partial charge is 0.489 e. The van der Waals surface area contributed by atoms with Crippen LogP contribution in [0, 0.1) is 5.82 Å². The summed E-state index contributed by atoms with van der Waals surface area (Å²) in [5.74, 6) is -0.146. The zero-order chi connectivity index (χ0) is 22.1. The molecule has 0 saturated heterocycles. The van der Waals surface area contributed by atoms with Gasteiger partial charge in [-0.3, -0.25) is 4.79 Å². The molecule has 0 spiro atoms. The molecule has 0 aliphatic carbocycles. The summed E-state index contributed by atoms with van der Waals surface area (Å²) in [7, 11) is 0. The summed E-state index contributed by atoms with van der Waals surface area (Å²) < 4.78 is 28.9. The van der Waals surface area contributed by atoms with Gasteiger partial charge in [0.2, 0.25) is 0 Å². The van der Waals surface area contributed by atoms with Crippen LogP contribution < -0.4 is 14.8 Å². The predicted molar refractivity (Wildman–Crippen MR) is 114 cm³/mol. The van der Waals surface area contributed by atoms with E-state index in [0.29, 0.717) is 22.7 Å². The Hall–Kier alpha value is -3.87. The molecule has 6 nitrogen and oxygen atoms in total. The Morgan fingerprint density at radius 1 is 0.903 bits per heavy atom. The summed E-state index contributed by atoms with van der Waals surface area (Å²) in [6.07, 6.45) is 0. The molecule has 0 radical (unpaired) electrons. The Balaban J connectivity index is 1.59. The zero-order valence-corrected chi connectivity index (χ0v) is 17.0. The van der Waals surface area contributed by atoms with E-state index in [9.17, 15) is 14.0 Å². The molecule has 0 aliphatic rings. The number of ether oxygens (including phenoxy) is 3. The molecule has 3 aromatic carbocycles. The average molecular weight is 423 g/mol. The van der Waals surface area contributed by atoms with Crippen molar-refractivity contribution in [1.29, 1.82) is 0 Å². The van der Waals surface area contributed by atoms with Crippen LogP contribution in [0.1, 0.15) is 22.8 Å². The van der Waals surface area contributed by atoms with Crippen molar-refractivity contribution in [2.45, 2.75) is 13.5 Å². The standard InChI is InChI=1S/C24H22FNO5/c1-2-29-23(27)16-31-22-8-4-6-20(14-22)26-24(28)18-5-3-7-21(13-18)30-15-17-9-11-19(25)12-10-17/h3-14H,2,15-16H2,1H3,(H,26,28). The van der Waals surface area contributed by atoms with Crippen molar-refractivity contribution in [3.05, 3.63) is 89.7 Å². The minimum absolute atomic E-state index is 0.210. The van der Waals surface area contributed by atoms with Crippen LogP contribution in [-0.4, -0.2) is 25.1 Å². The molecule has 0 aliphatic heterocycles. The van der Waals surface area contributed by atoms with Gasteiger partial charge in [-0.15, -0.1) is 0 Å². The first-order chi connectivity index (χ1) is 15.0. The van der Waals surface area contributed by atoms with Gasteiger partial charge < -0.3 is 19.5 Å². The first kappa shape index (κ1) is 21.8. The summed E-state index contributed by atoms with van der Waals surface area (Å²) in [6, 6.07) is 19.5. The number of hydrogen-bond acceptors (Lipinski definition) is 5. The molecule has 160 valence electrons. The third-order valence-corrected chi connectivity index (χ3v) is 4.17. The minimum Gasteiger partial charge on any atom is -0.489 e. The second-order valence-electron chi connectivity index (χ2n) is 6.52. The molecule has 0 fully saturated rings. The lowest BCUT2D eigenvalue weighted by atomic mass is 10.2. The first-order valence-electron chi connectivity index (χ1n) is 9.70. The van der Waals surface area contributed by atoms with E-state index >= 15 is 0 Å². The van der Waals surface area contributed by atoms with Crippen LogP contribution in [0.4, 0.5) is 10.1 Å². The van der Waals surface area contributed by atoms with E-state index in [4.69, 9.17) is 14.2 Å². The second kappa shape index (κ2) is 10.8. The van der Waals surface area contributed by atoms with E-state index in [1.165, 1.54) is 12.1 Å². The van der Waals surface area contributed by atoms with Crippen LogP contribution in [0.2, 0.25) is 0 Å². The molecule has 3 rings (SSSR count). The monoisotopic (exact) mass is 423 g/mol. The molecule has 31 heavy (non-hydrogen) atoms. The Morgan fingerprint density at radius 2 is 1.61 bits per heavy atom. The van der Waals surface area contributed by atoms with Crippen LogP contribution in [-0.2, 0) is 16.1 Å². The highest BCUT2D eigenvalue weighted by Crippen LogP contribution is 2.20. The molecular formula is C24H22FNO5. The number of hydrogen-bond donors (Lipinski definition) is 1. The maximum Gasteiger partial charge on any atom is 0.344 e. The third kappa shape index (κ3) is 6.85. The molecule has 0 atom stereocenters. The number of nitrogens with one attached hydrogen (secondary N) is 1. The van der Waals surface area contributed by atoms with Crippen molar-refractivity contribution in [3.63, 3.8) is 0 Å². The molecular weight excluding hydrogens is 401 g/mol. The molecule has 1 N–H and O–H groups in total. The van der Waals surface area contributed by atoms with E-state index in [2.05, 4.69) is 5.32 Å². The van der Waals surface area contributed by atoms with Gasteiger partial charge in [0.25, 0.3) is 5.91 Å². The lowest BCUT2D eigenvalue weighted by molar-refractivity contribution is -0.145. The maximum atomic E-state index is 13.0. The number of rotatable bonds is 9. The molecule has 3 aromatic rings. The summed E-state index contributed by atoms with van der Waals surface area (Å²) in [5, 5.41) is 2.79. The predicted octanol–water partition coefficient (Wildman–Crippen LogP) is 4.60. The molecule has 7 heteroatoms. The van der Waals surface area contributed by atoms with Crippen LogP contribution >= 0.6 is 0 Å². The fraction of sp³-hybridized carbons (Fsp3) is 0.167. The maximum absolute atomic E-state index is 13.0. The van der Waals surface area contributed by atoms with Gasteiger partial charge >= 0.3 is 5.97 Å². The number of amides is 1. The van der Waals surface area contributed by atoms with Gasteiger partial charge in [0.05, 0.1) is 6.61 Å². The Bertz CT molecular complexity index is 1040.